The molecule has 3 heterocycles. The van der Waals surface area contributed by atoms with Gasteiger partial charge in [-0.2, -0.15) is 15.1 Å². The van der Waals surface area contributed by atoms with Crippen LogP contribution in [-0.4, -0.2) is 38.7 Å². The molecule has 0 aliphatic carbocycles. The lowest BCUT2D eigenvalue weighted by molar-refractivity contribution is 0.382. The number of aromatic nitrogens is 5. The fourth-order valence-corrected chi connectivity index (χ4v) is 4.93. The lowest BCUT2D eigenvalue weighted by Gasteiger charge is -2.14. The Hall–Kier alpha value is -2.33. The highest BCUT2D eigenvalue weighted by molar-refractivity contribution is 14.2. The summed E-state index contributed by atoms with van der Waals surface area (Å²) in [6.07, 6.45) is 2.09. The Morgan fingerprint density at radius 3 is 2.76 bits per heavy atom. The molecular formula is C18H17FIN6O2P. The molecule has 0 spiro atoms. The number of H-pyrrole nitrogens is 1. The Kier molecular flexibility index (Phi) is 5.16. The third-order valence-corrected chi connectivity index (χ3v) is 6.81. The van der Waals surface area contributed by atoms with Crippen molar-refractivity contribution in [3.63, 3.8) is 0 Å². The molecule has 1 unspecified atom stereocenters. The first-order valence-electron chi connectivity index (χ1n) is 8.61. The summed E-state index contributed by atoms with van der Waals surface area (Å²) in [6.45, 7) is 3.85. The van der Waals surface area contributed by atoms with Gasteiger partial charge in [0.2, 0.25) is 0 Å². The largest absolute Gasteiger partial charge is 0.467 e. The number of hydrogen-bond donors (Lipinski definition) is 2. The highest BCUT2D eigenvalue weighted by Gasteiger charge is 2.23. The first-order valence-corrected chi connectivity index (χ1v) is 12.7. The summed E-state index contributed by atoms with van der Waals surface area (Å²) in [5.41, 5.74) is 2.80. The summed E-state index contributed by atoms with van der Waals surface area (Å²) < 4.78 is 22.7. The van der Waals surface area contributed by atoms with Gasteiger partial charge in [0.05, 0.1) is 30.9 Å². The van der Waals surface area contributed by atoms with Crippen LogP contribution in [-0.2, 0) is 0 Å². The van der Waals surface area contributed by atoms with Crippen molar-refractivity contribution in [2.45, 2.75) is 13.8 Å². The number of anilines is 1. The van der Waals surface area contributed by atoms with Crippen LogP contribution >= 0.6 is 28.4 Å². The molecule has 4 rings (SSSR count). The smallest absolute Gasteiger partial charge is 0.318 e. The third kappa shape index (κ3) is 3.05. The highest BCUT2D eigenvalue weighted by atomic mass is 127. The molecule has 0 aliphatic heterocycles. The van der Waals surface area contributed by atoms with Crippen LogP contribution in [0.5, 0.6) is 6.01 Å². The monoisotopic (exact) mass is 526 g/mol. The number of ether oxygens (including phenoxy) is 1. The quantitative estimate of drug-likeness (QED) is 0.309. The normalized spacial score (nSPS) is 11.8. The molecular weight excluding hydrogens is 509 g/mol. The Labute approximate surface area is 179 Å². The van der Waals surface area contributed by atoms with E-state index in [0.717, 1.165) is 22.0 Å². The van der Waals surface area contributed by atoms with Crippen molar-refractivity contribution in [1.29, 1.82) is 0 Å². The van der Waals surface area contributed by atoms with E-state index < -0.39 is 11.4 Å². The molecule has 1 aromatic carbocycles. The molecule has 0 fully saturated rings. The predicted octanol–water partition coefficient (Wildman–Crippen LogP) is 3.93. The van der Waals surface area contributed by atoms with Gasteiger partial charge in [-0.15, -0.1) is 0 Å². The van der Waals surface area contributed by atoms with Crippen LogP contribution < -0.4 is 15.6 Å². The molecule has 29 heavy (non-hydrogen) atoms. The summed E-state index contributed by atoms with van der Waals surface area (Å²) in [4.78, 5) is 23.8. The Balaban J connectivity index is 2.16. The zero-order chi connectivity index (χ0) is 20.9. The minimum absolute atomic E-state index is 0.0256. The van der Waals surface area contributed by atoms with Crippen LogP contribution in [0.1, 0.15) is 11.1 Å². The molecule has 4 aromatic rings. The van der Waals surface area contributed by atoms with Crippen LogP contribution in [0, 0.1) is 19.7 Å². The van der Waals surface area contributed by atoms with Crippen LogP contribution in [0.3, 0.4) is 0 Å². The molecule has 150 valence electrons. The number of methoxy groups -OCH3 is 1. The second kappa shape index (κ2) is 7.49. The van der Waals surface area contributed by atoms with Crippen LogP contribution in [0.4, 0.5) is 10.2 Å². The average Bonchev–Trinajstić information content (AvgIpc) is 3.13. The van der Waals surface area contributed by atoms with Crippen LogP contribution in [0.25, 0.3) is 33.1 Å². The van der Waals surface area contributed by atoms with E-state index in [1.807, 2.05) is 24.4 Å². The number of benzene rings is 1. The number of aryl methyl sites for hydroxylation is 1. The van der Waals surface area contributed by atoms with Crippen molar-refractivity contribution in [2.24, 2.45) is 0 Å². The maximum Gasteiger partial charge on any atom is 0.318 e. The summed E-state index contributed by atoms with van der Waals surface area (Å²) in [5, 5.41) is 8.01. The van der Waals surface area contributed by atoms with Gasteiger partial charge in [0.1, 0.15) is 16.7 Å². The molecule has 0 radical (unpaired) electrons. The molecule has 0 aliphatic rings. The number of nitrogens with one attached hydrogen (secondary N) is 2. The maximum atomic E-state index is 15.7. The second-order valence-corrected chi connectivity index (χ2v) is 8.48. The number of rotatable bonds is 4. The Morgan fingerprint density at radius 2 is 2.10 bits per heavy atom. The lowest BCUT2D eigenvalue weighted by atomic mass is 9.96. The van der Waals surface area contributed by atoms with Crippen molar-refractivity contribution < 1.29 is 9.13 Å². The highest BCUT2D eigenvalue weighted by Crippen LogP contribution is 2.38. The molecule has 0 saturated heterocycles. The number of hydrogen-bond acceptors (Lipinski definition) is 6. The van der Waals surface area contributed by atoms with Gasteiger partial charge in [-0.1, -0.05) is 0 Å². The van der Waals surface area contributed by atoms with Gasteiger partial charge in [0.15, 0.2) is 5.82 Å². The SMILES string of the molecule is CNc1nc(OC)nc2c(F)c(-c3c(C)c(C)cc4c3cnn4PI)[nH]c(=O)c12. The molecule has 0 bridgehead atoms. The second-order valence-electron chi connectivity index (χ2n) is 6.44. The van der Waals surface area contributed by atoms with Gasteiger partial charge in [-0.05, 0) is 53.1 Å². The van der Waals surface area contributed by atoms with Crippen molar-refractivity contribution in [3.8, 4) is 17.3 Å². The summed E-state index contributed by atoms with van der Waals surface area (Å²) in [5.74, 6) is -0.444. The van der Waals surface area contributed by atoms with Gasteiger partial charge < -0.3 is 15.0 Å². The van der Waals surface area contributed by atoms with Gasteiger partial charge in [0, 0.05) is 18.0 Å². The molecule has 8 nitrogen and oxygen atoms in total. The van der Waals surface area contributed by atoms with E-state index in [-0.39, 0.29) is 28.4 Å². The number of nitrogens with zero attached hydrogens (tertiary/aromatic N) is 4. The number of pyridine rings is 1. The van der Waals surface area contributed by atoms with Crippen LogP contribution in [0.15, 0.2) is 17.1 Å². The van der Waals surface area contributed by atoms with E-state index in [2.05, 4.69) is 47.4 Å². The van der Waals surface area contributed by atoms with Gasteiger partial charge in [-0.3, -0.25) is 4.79 Å². The van der Waals surface area contributed by atoms with Crippen LogP contribution in [0.2, 0.25) is 0 Å². The molecule has 1 atom stereocenters. The maximum absolute atomic E-state index is 15.7. The summed E-state index contributed by atoms with van der Waals surface area (Å²) in [7, 11) is 2.99. The zero-order valence-corrected chi connectivity index (χ0v) is 19.2. The number of halogens is 2. The number of fused-ring (bicyclic) bond motifs is 2. The lowest BCUT2D eigenvalue weighted by Crippen LogP contribution is -2.15. The van der Waals surface area contributed by atoms with Crippen molar-refractivity contribution in [3.05, 3.63) is 39.6 Å². The molecule has 0 amide bonds. The molecule has 3 aromatic heterocycles. The van der Waals surface area contributed by atoms with E-state index in [9.17, 15) is 4.79 Å². The molecule has 0 saturated carbocycles. The molecule has 2 N–H and O–H groups in total. The Bertz CT molecular complexity index is 1340. The standard InChI is InChI=1S/C18H17FIN6O2P/c1-7-5-10-9(6-22-26(10)29-20)11(8(7)2)14-13(19)15-12(17(27)23-14)16(21-3)25-18(24-15)28-4/h5-6,29H,1-4H3,(H,23,27)(H,21,24,25). The average molecular weight is 526 g/mol. The third-order valence-electron chi connectivity index (χ3n) is 4.93. The fraction of sp³-hybridized carbons (Fsp3) is 0.222. The minimum atomic E-state index is -0.642. The number of aromatic amines is 1. The van der Waals surface area contributed by atoms with Gasteiger partial charge >= 0.3 is 6.01 Å². The van der Waals surface area contributed by atoms with Crippen molar-refractivity contribution >= 4 is 56.0 Å². The zero-order valence-electron chi connectivity index (χ0n) is 16.0. The summed E-state index contributed by atoms with van der Waals surface area (Å²) >= 11 is 2.24. The van der Waals surface area contributed by atoms with E-state index in [0.29, 0.717) is 11.9 Å². The molecule has 11 heteroatoms. The topological polar surface area (TPSA) is 97.7 Å². The minimum Gasteiger partial charge on any atom is -0.467 e. The fourth-order valence-electron chi connectivity index (χ4n) is 3.40. The van der Waals surface area contributed by atoms with E-state index >= 15 is 4.39 Å². The Morgan fingerprint density at radius 1 is 1.34 bits per heavy atom. The van der Waals surface area contributed by atoms with Gasteiger partial charge in [-0.25, -0.2) is 8.84 Å². The van der Waals surface area contributed by atoms with Crippen molar-refractivity contribution in [1.82, 2.24) is 24.5 Å². The van der Waals surface area contributed by atoms with Gasteiger partial charge in [0.25, 0.3) is 5.56 Å². The van der Waals surface area contributed by atoms with E-state index in [1.165, 1.54) is 7.11 Å². The van der Waals surface area contributed by atoms with Crippen molar-refractivity contribution in [2.75, 3.05) is 19.5 Å². The summed E-state index contributed by atoms with van der Waals surface area (Å²) in [6, 6.07) is 2.00. The van der Waals surface area contributed by atoms with E-state index in [1.54, 1.807) is 13.2 Å². The first kappa shape index (κ1) is 20.0. The van der Waals surface area contributed by atoms with E-state index in [4.69, 9.17) is 4.74 Å². The first-order chi connectivity index (χ1) is 13.9. The predicted molar refractivity (Wildman–Crippen MR) is 122 cm³/mol.